The van der Waals surface area contributed by atoms with Crippen molar-refractivity contribution in [2.24, 2.45) is 5.92 Å². The van der Waals surface area contributed by atoms with Gasteiger partial charge in [0.25, 0.3) is 0 Å². The van der Waals surface area contributed by atoms with Crippen LogP contribution in [0.25, 0.3) is 0 Å². The third-order valence-corrected chi connectivity index (χ3v) is 5.86. The number of thioether (sulfide) groups is 1. The Kier molecular flexibility index (Phi) is 3.40. The molecular formula is C15H19N3O3S. The first-order valence-corrected chi connectivity index (χ1v) is 8.83. The summed E-state index contributed by atoms with van der Waals surface area (Å²) in [5.74, 6) is 0.415. The Morgan fingerprint density at radius 2 is 2.32 bits per heavy atom. The molecule has 1 amide bonds. The van der Waals surface area contributed by atoms with E-state index in [1.165, 1.54) is 0 Å². The minimum absolute atomic E-state index is 0.0754. The van der Waals surface area contributed by atoms with Gasteiger partial charge >= 0.3 is 5.97 Å². The molecule has 1 atom stereocenters. The fourth-order valence-electron chi connectivity index (χ4n) is 3.80. The Bertz CT molecular complexity index is 600. The molecule has 0 unspecified atom stereocenters. The van der Waals surface area contributed by atoms with Crippen molar-refractivity contribution in [2.75, 3.05) is 5.75 Å². The predicted molar refractivity (Wildman–Crippen MR) is 80.2 cm³/mol. The molecule has 1 saturated heterocycles. The number of aromatic nitrogens is 2. The third-order valence-electron chi connectivity index (χ3n) is 4.89. The molecular weight excluding hydrogens is 302 g/mol. The molecule has 1 aromatic heterocycles. The summed E-state index contributed by atoms with van der Waals surface area (Å²) in [6, 6.07) is 0. The van der Waals surface area contributed by atoms with Crippen LogP contribution in [0.2, 0.25) is 0 Å². The van der Waals surface area contributed by atoms with Crippen LogP contribution in [0.5, 0.6) is 0 Å². The molecule has 1 aliphatic carbocycles. The van der Waals surface area contributed by atoms with E-state index in [9.17, 15) is 9.59 Å². The average Bonchev–Trinajstić information content (AvgIpc) is 3.21. The topological polar surface area (TPSA) is 73.2 Å². The lowest BCUT2D eigenvalue weighted by Crippen LogP contribution is -2.42. The molecule has 6 nitrogen and oxygen atoms in total. The van der Waals surface area contributed by atoms with E-state index in [0.717, 1.165) is 48.8 Å². The van der Waals surface area contributed by atoms with E-state index in [4.69, 9.17) is 4.74 Å². The normalized spacial score (nSPS) is 25.5. The van der Waals surface area contributed by atoms with Crippen molar-refractivity contribution in [3.63, 3.8) is 0 Å². The average molecular weight is 321 g/mol. The lowest BCUT2D eigenvalue weighted by molar-refractivity contribution is -0.149. The van der Waals surface area contributed by atoms with Crippen LogP contribution in [0.15, 0.2) is 11.4 Å². The molecule has 2 aliphatic heterocycles. The van der Waals surface area contributed by atoms with Gasteiger partial charge in [-0.25, -0.2) is 4.98 Å². The lowest BCUT2D eigenvalue weighted by Gasteiger charge is -2.27. The Morgan fingerprint density at radius 1 is 1.50 bits per heavy atom. The second kappa shape index (κ2) is 5.30. The SMILES string of the molecule is O=C1C[C@@H](C(=O)NCc2cn3c(n2)SCC3)C2(CCCC2)O1. The summed E-state index contributed by atoms with van der Waals surface area (Å²) in [5, 5.41) is 3.97. The third kappa shape index (κ3) is 2.31. The van der Waals surface area contributed by atoms with Crippen molar-refractivity contribution in [2.45, 2.75) is 56.0 Å². The van der Waals surface area contributed by atoms with E-state index in [2.05, 4.69) is 14.9 Å². The monoisotopic (exact) mass is 321 g/mol. The number of nitrogens with zero attached hydrogens (tertiary/aromatic N) is 2. The van der Waals surface area contributed by atoms with Gasteiger partial charge in [-0.3, -0.25) is 9.59 Å². The van der Waals surface area contributed by atoms with Crippen molar-refractivity contribution in [3.05, 3.63) is 11.9 Å². The summed E-state index contributed by atoms with van der Waals surface area (Å²) in [6.07, 6.45) is 5.89. The number of fused-ring (bicyclic) bond motifs is 1. The minimum atomic E-state index is -0.535. The molecule has 0 radical (unpaired) electrons. The molecule has 0 bridgehead atoms. The van der Waals surface area contributed by atoms with Gasteiger partial charge in [-0.15, -0.1) is 0 Å². The molecule has 4 rings (SSSR count). The Morgan fingerprint density at radius 3 is 3.09 bits per heavy atom. The largest absolute Gasteiger partial charge is 0.458 e. The van der Waals surface area contributed by atoms with Crippen LogP contribution in [-0.4, -0.2) is 32.8 Å². The number of nitrogens with one attached hydrogen (secondary N) is 1. The zero-order valence-electron chi connectivity index (χ0n) is 12.3. The quantitative estimate of drug-likeness (QED) is 0.854. The highest BCUT2D eigenvalue weighted by Gasteiger charge is 2.53. The van der Waals surface area contributed by atoms with E-state index in [1.807, 2.05) is 6.20 Å². The standard InChI is InChI=1S/C15H19N3O3S/c19-12-7-11(15(21-12)3-1-2-4-15)13(20)16-8-10-9-18-5-6-22-14(18)17-10/h9,11H,1-8H2,(H,16,20)/t11-/m0/s1. The number of imidazole rings is 1. The van der Waals surface area contributed by atoms with Crippen molar-refractivity contribution >= 4 is 23.6 Å². The van der Waals surface area contributed by atoms with Crippen LogP contribution >= 0.6 is 11.8 Å². The summed E-state index contributed by atoms with van der Waals surface area (Å²) >= 11 is 1.74. The molecule has 1 N–H and O–H groups in total. The molecule has 7 heteroatoms. The van der Waals surface area contributed by atoms with Crippen LogP contribution in [0.3, 0.4) is 0 Å². The van der Waals surface area contributed by atoms with Gasteiger partial charge in [0.1, 0.15) is 5.60 Å². The lowest BCUT2D eigenvalue weighted by atomic mass is 9.85. The maximum atomic E-state index is 12.5. The van der Waals surface area contributed by atoms with Crippen molar-refractivity contribution in [1.29, 1.82) is 0 Å². The molecule has 1 aromatic rings. The molecule has 22 heavy (non-hydrogen) atoms. The van der Waals surface area contributed by atoms with Crippen LogP contribution in [-0.2, 0) is 27.4 Å². The number of esters is 1. The van der Waals surface area contributed by atoms with E-state index >= 15 is 0 Å². The number of carbonyl (C=O) groups excluding carboxylic acids is 2. The summed E-state index contributed by atoms with van der Waals surface area (Å²) in [4.78, 5) is 28.7. The first-order chi connectivity index (χ1) is 10.7. The van der Waals surface area contributed by atoms with E-state index in [1.54, 1.807) is 11.8 Å². The van der Waals surface area contributed by atoms with Gasteiger partial charge in [0.15, 0.2) is 5.16 Å². The fourth-order valence-corrected chi connectivity index (χ4v) is 4.76. The number of amides is 1. The number of hydrogen-bond acceptors (Lipinski definition) is 5. The van der Waals surface area contributed by atoms with Gasteiger partial charge < -0.3 is 14.6 Å². The molecule has 3 heterocycles. The molecule has 3 aliphatic rings. The Hall–Kier alpha value is -1.50. The van der Waals surface area contributed by atoms with E-state index in [-0.39, 0.29) is 24.2 Å². The number of aryl methyl sites for hydroxylation is 1. The van der Waals surface area contributed by atoms with Crippen molar-refractivity contribution < 1.29 is 14.3 Å². The van der Waals surface area contributed by atoms with Gasteiger partial charge in [0.2, 0.25) is 5.91 Å². The number of ether oxygens (including phenoxy) is 1. The van der Waals surface area contributed by atoms with Crippen LogP contribution < -0.4 is 5.32 Å². The predicted octanol–water partition coefficient (Wildman–Crippen LogP) is 1.48. The molecule has 1 spiro atoms. The van der Waals surface area contributed by atoms with Gasteiger partial charge in [-0.2, -0.15) is 0 Å². The fraction of sp³-hybridized carbons (Fsp3) is 0.667. The Labute approximate surface area is 133 Å². The van der Waals surface area contributed by atoms with Crippen LogP contribution in [0.4, 0.5) is 0 Å². The van der Waals surface area contributed by atoms with Crippen LogP contribution in [0.1, 0.15) is 37.8 Å². The van der Waals surface area contributed by atoms with E-state index in [0.29, 0.717) is 6.54 Å². The van der Waals surface area contributed by atoms with Gasteiger partial charge in [-0.1, -0.05) is 11.8 Å². The zero-order valence-corrected chi connectivity index (χ0v) is 13.2. The number of hydrogen-bond donors (Lipinski definition) is 1. The smallest absolute Gasteiger partial charge is 0.307 e. The highest BCUT2D eigenvalue weighted by atomic mass is 32.2. The number of carbonyl (C=O) groups is 2. The van der Waals surface area contributed by atoms with Crippen molar-refractivity contribution in [1.82, 2.24) is 14.9 Å². The molecule has 0 aromatic carbocycles. The first-order valence-electron chi connectivity index (χ1n) is 7.85. The van der Waals surface area contributed by atoms with Gasteiger partial charge in [0, 0.05) is 18.5 Å². The molecule has 2 fully saturated rings. The summed E-state index contributed by atoms with van der Waals surface area (Å²) in [6.45, 7) is 1.40. The molecule has 1 saturated carbocycles. The van der Waals surface area contributed by atoms with Gasteiger partial charge in [0.05, 0.1) is 24.6 Å². The summed E-state index contributed by atoms with van der Waals surface area (Å²) in [7, 11) is 0. The van der Waals surface area contributed by atoms with Crippen molar-refractivity contribution in [3.8, 4) is 0 Å². The summed E-state index contributed by atoms with van der Waals surface area (Å²) in [5.41, 5.74) is 0.341. The summed E-state index contributed by atoms with van der Waals surface area (Å²) < 4.78 is 7.64. The van der Waals surface area contributed by atoms with Gasteiger partial charge in [-0.05, 0) is 25.7 Å². The van der Waals surface area contributed by atoms with Crippen LogP contribution in [0, 0.1) is 5.92 Å². The Balaban J connectivity index is 1.41. The highest BCUT2D eigenvalue weighted by molar-refractivity contribution is 7.99. The zero-order chi connectivity index (χ0) is 15.2. The maximum Gasteiger partial charge on any atom is 0.307 e. The molecule has 118 valence electrons. The highest BCUT2D eigenvalue weighted by Crippen LogP contribution is 2.45. The second-order valence-electron chi connectivity index (χ2n) is 6.28. The number of rotatable bonds is 3. The maximum absolute atomic E-state index is 12.5. The second-order valence-corrected chi connectivity index (χ2v) is 7.34. The first kappa shape index (κ1) is 14.1. The van der Waals surface area contributed by atoms with E-state index < -0.39 is 5.60 Å². The minimum Gasteiger partial charge on any atom is -0.458 e.